The summed E-state index contributed by atoms with van der Waals surface area (Å²) < 4.78 is 9.84. The standard InChI is InChI=1S/C10H9BO3S/c1-2-13-11(12)14-10-4-3-8-7-15-6-5-9(8)10/h2-7,12H,1H2. The number of hydrogen-bond acceptors (Lipinski definition) is 4. The van der Waals surface area contributed by atoms with Gasteiger partial charge in [-0.25, -0.2) is 0 Å². The fraction of sp³-hybridized carbons (Fsp3) is 0. The Bertz CT molecular complexity index is 429. The molecule has 2 aliphatic rings. The Morgan fingerprint density at radius 3 is 3.07 bits per heavy atom. The third-order valence-electron chi connectivity index (χ3n) is 1.94. The van der Waals surface area contributed by atoms with E-state index < -0.39 is 7.32 Å². The van der Waals surface area contributed by atoms with E-state index in [0.717, 1.165) is 17.4 Å². The summed E-state index contributed by atoms with van der Waals surface area (Å²) in [5.41, 5.74) is 2.05. The Morgan fingerprint density at radius 2 is 2.27 bits per heavy atom. The van der Waals surface area contributed by atoms with Crippen molar-refractivity contribution in [1.82, 2.24) is 0 Å². The molecule has 1 aliphatic carbocycles. The van der Waals surface area contributed by atoms with Gasteiger partial charge in [-0.1, -0.05) is 6.58 Å². The highest BCUT2D eigenvalue weighted by molar-refractivity contribution is 7.07. The first kappa shape index (κ1) is 10.1. The first-order valence-electron chi connectivity index (χ1n) is 4.37. The van der Waals surface area contributed by atoms with Crippen molar-refractivity contribution >= 4 is 18.7 Å². The monoisotopic (exact) mass is 220 g/mol. The largest absolute Gasteiger partial charge is 0.784 e. The second-order valence-electron chi connectivity index (χ2n) is 2.85. The molecule has 0 aromatic heterocycles. The molecule has 0 atom stereocenters. The maximum atomic E-state index is 9.27. The summed E-state index contributed by atoms with van der Waals surface area (Å²) in [7, 11) is -1.31. The molecule has 1 aliphatic heterocycles. The maximum Gasteiger partial charge on any atom is 0.784 e. The quantitative estimate of drug-likeness (QED) is 0.634. The molecule has 2 rings (SSSR count). The molecule has 15 heavy (non-hydrogen) atoms. The third-order valence-corrected chi connectivity index (χ3v) is 2.62. The molecule has 0 bridgehead atoms. The summed E-state index contributed by atoms with van der Waals surface area (Å²) in [6, 6.07) is 5.67. The Morgan fingerprint density at radius 1 is 1.40 bits per heavy atom. The van der Waals surface area contributed by atoms with Gasteiger partial charge >= 0.3 is 7.32 Å². The molecular formula is C10H9BO3S. The zero-order valence-electron chi connectivity index (χ0n) is 7.92. The van der Waals surface area contributed by atoms with Crippen molar-refractivity contribution in [3.8, 4) is 16.9 Å². The SMILES string of the molecule is C=COB(O)Oc1ccc2csccc1-2. The number of hydrogen-bond donors (Lipinski definition) is 1. The second kappa shape index (κ2) is 4.38. The fourth-order valence-corrected chi connectivity index (χ4v) is 1.96. The van der Waals surface area contributed by atoms with Crippen LogP contribution in [0.25, 0.3) is 11.1 Å². The predicted octanol–water partition coefficient (Wildman–Crippen LogP) is 2.37. The van der Waals surface area contributed by atoms with Gasteiger partial charge in [0.1, 0.15) is 5.75 Å². The van der Waals surface area contributed by atoms with Crippen molar-refractivity contribution in [2.45, 2.75) is 0 Å². The number of rotatable bonds is 4. The predicted molar refractivity (Wildman–Crippen MR) is 60.8 cm³/mol. The Kier molecular flexibility index (Phi) is 2.94. The van der Waals surface area contributed by atoms with Crippen molar-refractivity contribution in [2.24, 2.45) is 0 Å². The molecule has 0 aromatic rings. The van der Waals surface area contributed by atoms with Crippen LogP contribution in [0.1, 0.15) is 0 Å². The van der Waals surface area contributed by atoms with Crippen LogP contribution in [-0.4, -0.2) is 12.3 Å². The van der Waals surface area contributed by atoms with Gasteiger partial charge in [0, 0.05) is 5.56 Å². The Hall–Kier alpha value is -1.46. The van der Waals surface area contributed by atoms with Gasteiger partial charge in [-0.3, -0.25) is 0 Å². The van der Waals surface area contributed by atoms with Crippen molar-refractivity contribution in [3.05, 3.63) is 41.8 Å². The summed E-state index contributed by atoms with van der Waals surface area (Å²) in [5.74, 6) is 0.604. The van der Waals surface area contributed by atoms with E-state index in [4.69, 9.17) is 4.65 Å². The fourth-order valence-electron chi connectivity index (χ4n) is 1.31. The summed E-state index contributed by atoms with van der Waals surface area (Å²) in [6.07, 6.45) is 1.14. The zero-order chi connectivity index (χ0) is 10.7. The second-order valence-corrected chi connectivity index (χ2v) is 3.63. The zero-order valence-corrected chi connectivity index (χ0v) is 8.74. The van der Waals surface area contributed by atoms with Gasteiger partial charge in [0.15, 0.2) is 0 Å². The summed E-state index contributed by atoms with van der Waals surface area (Å²) >= 11 is 1.61. The van der Waals surface area contributed by atoms with Crippen molar-refractivity contribution in [1.29, 1.82) is 0 Å². The maximum absolute atomic E-state index is 9.27. The van der Waals surface area contributed by atoms with Gasteiger partial charge in [-0.15, -0.1) is 0 Å². The van der Waals surface area contributed by atoms with E-state index in [9.17, 15) is 5.02 Å². The number of fused-ring (bicyclic) bond motifs is 1. The highest BCUT2D eigenvalue weighted by atomic mass is 32.1. The van der Waals surface area contributed by atoms with Crippen LogP contribution in [0.3, 0.4) is 0 Å². The average molecular weight is 220 g/mol. The van der Waals surface area contributed by atoms with E-state index in [1.54, 1.807) is 17.4 Å². The molecule has 0 amide bonds. The van der Waals surface area contributed by atoms with Gasteiger partial charge in [-0.2, -0.15) is 11.3 Å². The van der Waals surface area contributed by atoms with Gasteiger partial charge < -0.3 is 14.3 Å². The first-order chi connectivity index (χ1) is 7.31. The van der Waals surface area contributed by atoms with Crippen LogP contribution in [0, 0.1) is 0 Å². The molecule has 3 nitrogen and oxygen atoms in total. The molecular weight excluding hydrogens is 211 g/mol. The van der Waals surface area contributed by atoms with Gasteiger partial charge in [-0.05, 0) is 34.5 Å². The minimum atomic E-state index is -1.31. The van der Waals surface area contributed by atoms with Gasteiger partial charge in [0.05, 0.1) is 6.26 Å². The summed E-state index contributed by atoms with van der Waals surface area (Å²) in [4.78, 5) is 0. The lowest BCUT2D eigenvalue weighted by atomic mass is 10.2. The van der Waals surface area contributed by atoms with E-state index in [1.807, 2.05) is 22.9 Å². The summed E-state index contributed by atoms with van der Waals surface area (Å²) in [6.45, 7) is 3.33. The summed E-state index contributed by atoms with van der Waals surface area (Å²) in [5, 5.41) is 13.2. The minimum Gasteiger partial charge on any atom is -0.508 e. The lowest BCUT2D eigenvalue weighted by molar-refractivity contribution is 0.268. The molecule has 0 unspecified atom stereocenters. The van der Waals surface area contributed by atoms with E-state index >= 15 is 0 Å². The van der Waals surface area contributed by atoms with Crippen LogP contribution in [0.4, 0.5) is 0 Å². The normalized spacial score (nSPS) is 9.93. The van der Waals surface area contributed by atoms with Crippen LogP contribution in [0.5, 0.6) is 5.75 Å². The van der Waals surface area contributed by atoms with Crippen LogP contribution in [-0.2, 0) is 4.65 Å². The first-order valence-corrected chi connectivity index (χ1v) is 5.31. The van der Waals surface area contributed by atoms with E-state index in [0.29, 0.717) is 5.75 Å². The van der Waals surface area contributed by atoms with Crippen LogP contribution in [0.2, 0.25) is 0 Å². The minimum absolute atomic E-state index is 0.604. The van der Waals surface area contributed by atoms with Crippen LogP contribution in [0.15, 0.2) is 41.8 Å². The van der Waals surface area contributed by atoms with Crippen molar-refractivity contribution < 1.29 is 14.3 Å². The van der Waals surface area contributed by atoms with E-state index in [1.165, 1.54) is 0 Å². The highest BCUT2D eigenvalue weighted by Gasteiger charge is 2.21. The molecule has 0 saturated heterocycles. The topological polar surface area (TPSA) is 38.7 Å². The highest BCUT2D eigenvalue weighted by Crippen LogP contribution is 2.34. The van der Waals surface area contributed by atoms with Crippen LogP contribution >= 0.6 is 11.3 Å². The molecule has 0 aromatic carbocycles. The van der Waals surface area contributed by atoms with Gasteiger partial charge in [0.25, 0.3) is 0 Å². The molecule has 1 heterocycles. The molecule has 0 fully saturated rings. The molecule has 0 spiro atoms. The van der Waals surface area contributed by atoms with Crippen molar-refractivity contribution in [3.63, 3.8) is 0 Å². The average Bonchev–Trinajstić information content (AvgIpc) is 2.62. The third kappa shape index (κ3) is 2.14. The lowest BCUT2D eigenvalue weighted by Crippen LogP contribution is -2.23. The van der Waals surface area contributed by atoms with Crippen LogP contribution < -0.4 is 4.65 Å². The molecule has 5 heteroatoms. The van der Waals surface area contributed by atoms with Crippen molar-refractivity contribution in [2.75, 3.05) is 0 Å². The smallest absolute Gasteiger partial charge is 0.508 e. The lowest BCUT2D eigenvalue weighted by Gasteiger charge is -2.08. The molecule has 1 N–H and O–H groups in total. The Balaban J connectivity index is 2.19. The molecule has 76 valence electrons. The molecule has 0 saturated carbocycles. The van der Waals surface area contributed by atoms with E-state index in [2.05, 4.69) is 11.2 Å². The molecule has 0 radical (unpaired) electrons. The van der Waals surface area contributed by atoms with Gasteiger partial charge in [0.2, 0.25) is 0 Å². The van der Waals surface area contributed by atoms with E-state index in [-0.39, 0.29) is 0 Å². The Labute approximate surface area is 92.1 Å².